The summed E-state index contributed by atoms with van der Waals surface area (Å²) in [5.41, 5.74) is 1.37. The van der Waals surface area contributed by atoms with E-state index in [0.717, 1.165) is 25.7 Å². The Hall–Kier alpha value is -0.900. The maximum Gasteiger partial charge on any atom is 0.0218 e. The number of nitrogens with zero attached hydrogens (tertiary/aromatic N) is 2. The molecule has 1 aliphatic heterocycles. The lowest BCUT2D eigenvalue weighted by atomic mass is 10.1. The summed E-state index contributed by atoms with van der Waals surface area (Å²) in [6, 6.07) is 11.4. The van der Waals surface area contributed by atoms with E-state index in [2.05, 4.69) is 59.4 Å². The first kappa shape index (κ1) is 14.5. The largest absolute Gasteiger partial charge is 0.311 e. The fraction of sp³-hybridized carbons (Fsp3) is 0.625. The number of nitrogens with one attached hydrogen (secondary N) is 1. The van der Waals surface area contributed by atoms with Crippen molar-refractivity contribution in [2.24, 2.45) is 0 Å². The minimum atomic E-state index is 0.739. The van der Waals surface area contributed by atoms with Gasteiger partial charge < -0.3 is 10.2 Å². The molecule has 1 fully saturated rings. The van der Waals surface area contributed by atoms with Crippen LogP contribution in [0.5, 0.6) is 0 Å². The lowest BCUT2D eigenvalue weighted by molar-refractivity contribution is 0.0939. The van der Waals surface area contributed by atoms with Gasteiger partial charge in [-0.1, -0.05) is 37.3 Å². The molecule has 3 heteroatoms. The van der Waals surface area contributed by atoms with E-state index in [-0.39, 0.29) is 0 Å². The van der Waals surface area contributed by atoms with Gasteiger partial charge >= 0.3 is 0 Å². The third-order valence-electron chi connectivity index (χ3n) is 4.11. The van der Waals surface area contributed by atoms with Gasteiger partial charge in [-0.3, -0.25) is 4.90 Å². The Morgan fingerprint density at radius 1 is 1.21 bits per heavy atom. The Labute approximate surface area is 117 Å². The van der Waals surface area contributed by atoms with Gasteiger partial charge in [-0.15, -0.1) is 0 Å². The lowest BCUT2D eigenvalue weighted by Gasteiger charge is -2.39. The number of benzene rings is 1. The number of rotatable bonds is 6. The summed E-state index contributed by atoms with van der Waals surface area (Å²) >= 11 is 0. The van der Waals surface area contributed by atoms with Crippen molar-refractivity contribution in [1.29, 1.82) is 0 Å². The molecular formula is C16H27N3. The topological polar surface area (TPSA) is 18.5 Å². The van der Waals surface area contributed by atoms with Crippen molar-refractivity contribution in [3.05, 3.63) is 35.9 Å². The van der Waals surface area contributed by atoms with Gasteiger partial charge in [0.05, 0.1) is 0 Å². The van der Waals surface area contributed by atoms with Crippen LogP contribution in [0.1, 0.15) is 18.9 Å². The van der Waals surface area contributed by atoms with Gasteiger partial charge in [0.2, 0.25) is 0 Å². The van der Waals surface area contributed by atoms with Crippen molar-refractivity contribution in [2.45, 2.75) is 25.9 Å². The van der Waals surface area contributed by atoms with Crippen LogP contribution in [0.4, 0.5) is 0 Å². The molecule has 1 saturated heterocycles. The molecule has 1 aromatic rings. The lowest BCUT2D eigenvalue weighted by Crippen LogP contribution is -2.52. The average Bonchev–Trinajstić information content (AvgIpc) is 2.46. The zero-order valence-electron chi connectivity index (χ0n) is 12.3. The molecule has 1 atom stereocenters. The maximum absolute atomic E-state index is 3.54. The van der Waals surface area contributed by atoms with Gasteiger partial charge in [-0.25, -0.2) is 0 Å². The third kappa shape index (κ3) is 4.60. The second-order valence-electron chi connectivity index (χ2n) is 5.51. The predicted octanol–water partition coefficient (Wildman–Crippen LogP) is 1.80. The van der Waals surface area contributed by atoms with Crippen LogP contribution in [0, 0.1) is 0 Å². The second-order valence-corrected chi connectivity index (χ2v) is 5.51. The van der Waals surface area contributed by atoms with Gasteiger partial charge in [-0.05, 0) is 19.0 Å². The van der Waals surface area contributed by atoms with Gasteiger partial charge in [-0.2, -0.15) is 0 Å². The highest BCUT2D eigenvalue weighted by Gasteiger charge is 2.21. The first-order valence-corrected chi connectivity index (χ1v) is 7.47. The fourth-order valence-corrected chi connectivity index (χ4v) is 2.72. The minimum absolute atomic E-state index is 0.739. The molecule has 1 N–H and O–H groups in total. The molecule has 106 valence electrons. The quantitative estimate of drug-likeness (QED) is 0.788. The molecule has 3 nitrogen and oxygen atoms in total. The molecule has 1 unspecified atom stereocenters. The van der Waals surface area contributed by atoms with Crippen molar-refractivity contribution in [2.75, 3.05) is 39.8 Å². The van der Waals surface area contributed by atoms with E-state index in [4.69, 9.17) is 0 Å². The molecule has 1 aliphatic rings. The summed E-state index contributed by atoms with van der Waals surface area (Å²) in [4.78, 5) is 5.08. The normalized spacial score (nSPS) is 21.7. The van der Waals surface area contributed by atoms with Gasteiger partial charge in [0, 0.05) is 45.3 Å². The van der Waals surface area contributed by atoms with E-state index >= 15 is 0 Å². The molecule has 1 heterocycles. The van der Waals surface area contributed by atoms with Crippen LogP contribution in [-0.2, 0) is 6.54 Å². The summed E-state index contributed by atoms with van der Waals surface area (Å²) in [6.45, 7) is 9.15. The second kappa shape index (κ2) is 7.63. The molecule has 0 aliphatic carbocycles. The van der Waals surface area contributed by atoms with E-state index in [9.17, 15) is 0 Å². The third-order valence-corrected chi connectivity index (χ3v) is 4.11. The van der Waals surface area contributed by atoms with Crippen LogP contribution < -0.4 is 5.32 Å². The highest BCUT2D eigenvalue weighted by molar-refractivity contribution is 5.14. The molecule has 1 aromatic carbocycles. The average molecular weight is 261 g/mol. The number of likely N-dealkylation sites (N-methyl/N-ethyl adjacent to an activating group) is 1. The highest BCUT2D eigenvalue weighted by Crippen LogP contribution is 2.09. The number of hydrogen-bond donors (Lipinski definition) is 1. The Morgan fingerprint density at radius 2 is 2.00 bits per heavy atom. The van der Waals surface area contributed by atoms with E-state index < -0.39 is 0 Å². The van der Waals surface area contributed by atoms with E-state index in [0.29, 0.717) is 0 Å². The van der Waals surface area contributed by atoms with E-state index in [1.807, 2.05) is 0 Å². The molecule has 0 spiro atoms. The van der Waals surface area contributed by atoms with Gasteiger partial charge in [0.25, 0.3) is 0 Å². The van der Waals surface area contributed by atoms with Crippen molar-refractivity contribution < 1.29 is 0 Å². The number of hydrogen-bond acceptors (Lipinski definition) is 3. The molecule has 0 radical (unpaired) electrons. The fourth-order valence-electron chi connectivity index (χ4n) is 2.72. The van der Waals surface area contributed by atoms with Crippen LogP contribution in [-0.4, -0.2) is 55.6 Å². The van der Waals surface area contributed by atoms with Crippen molar-refractivity contribution in [1.82, 2.24) is 15.1 Å². The van der Waals surface area contributed by atoms with Gasteiger partial charge in [0.15, 0.2) is 0 Å². The van der Waals surface area contributed by atoms with Crippen LogP contribution >= 0.6 is 0 Å². The molecule has 0 bridgehead atoms. The Kier molecular flexibility index (Phi) is 5.83. The Morgan fingerprint density at radius 3 is 2.74 bits per heavy atom. The first-order chi connectivity index (χ1) is 9.29. The Balaban J connectivity index is 1.63. The van der Waals surface area contributed by atoms with Crippen molar-refractivity contribution in [3.8, 4) is 0 Å². The Bertz CT molecular complexity index is 352. The molecule has 0 amide bonds. The summed E-state index contributed by atoms with van der Waals surface area (Å²) in [6.07, 6.45) is 1.25. The van der Waals surface area contributed by atoms with Crippen LogP contribution in [0.25, 0.3) is 0 Å². The first-order valence-electron chi connectivity index (χ1n) is 7.47. The molecule has 19 heavy (non-hydrogen) atoms. The molecule has 0 aromatic heterocycles. The van der Waals surface area contributed by atoms with Crippen molar-refractivity contribution in [3.63, 3.8) is 0 Å². The molecule has 2 rings (SSSR count). The molecule has 0 saturated carbocycles. The monoisotopic (exact) mass is 261 g/mol. The zero-order valence-corrected chi connectivity index (χ0v) is 12.3. The van der Waals surface area contributed by atoms with Crippen LogP contribution in [0.2, 0.25) is 0 Å². The smallest absolute Gasteiger partial charge is 0.0218 e. The highest BCUT2D eigenvalue weighted by atomic mass is 15.3. The maximum atomic E-state index is 3.54. The number of piperazine rings is 1. The van der Waals surface area contributed by atoms with Crippen LogP contribution in [0.3, 0.4) is 0 Å². The summed E-state index contributed by atoms with van der Waals surface area (Å²) in [5.74, 6) is 0. The summed E-state index contributed by atoms with van der Waals surface area (Å²) in [5, 5.41) is 3.54. The SMILES string of the molecule is CCC1CN(CCNCc2ccccc2)CCN1C. The zero-order chi connectivity index (χ0) is 13.5. The molecular weight excluding hydrogens is 234 g/mol. The minimum Gasteiger partial charge on any atom is -0.311 e. The standard InChI is InChI=1S/C16H27N3/c1-3-16-14-19(12-11-18(16)2)10-9-17-13-15-7-5-4-6-8-15/h4-8,16-17H,3,9-14H2,1-2H3. The van der Waals surface area contributed by atoms with Crippen molar-refractivity contribution >= 4 is 0 Å². The summed E-state index contributed by atoms with van der Waals surface area (Å²) in [7, 11) is 2.25. The van der Waals surface area contributed by atoms with E-state index in [1.165, 1.54) is 31.6 Å². The van der Waals surface area contributed by atoms with E-state index in [1.54, 1.807) is 0 Å². The van der Waals surface area contributed by atoms with Crippen LogP contribution in [0.15, 0.2) is 30.3 Å². The summed E-state index contributed by atoms with van der Waals surface area (Å²) < 4.78 is 0. The van der Waals surface area contributed by atoms with Gasteiger partial charge in [0.1, 0.15) is 0 Å². The predicted molar refractivity (Wildman–Crippen MR) is 81.3 cm³/mol.